The van der Waals surface area contributed by atoms with Crippen LogP contribution in [0.3, 0.4) is 0 Å². The first-order valence-electron chi connectivity index (χ1n) is 12.1. The second kappa shape index (κ2) is 9.25. The van der Waals surface area contributed by atoms with Gasteiger partial charge in [-0.1, -0.05) is 18.2 Å². The van der Waals surface area contributed by atoms with Crippen LogP contribution in [0.25, 0.3) is 0 Å². The number of carbonyl (C=O) groups excluding carboxylic acids is 2. The normalized spacial score (nSPS) is 17.5. The van der Waals surface area contributed by atoms with E-state index < -0.39 is 0 Å². The van der Waals surface area contributed by atoms with Gasteiger partial charge in [-0.05, 0) is 42.0 Å². The molecule has 36 heavy (non-hydrogen) atoms. The first kappa shape index (κ1) is 22.5. The summed E-state index contributed by atoms with van der Waals surface area (Å²) in [6, 6.07) is 16.9. The van der Waals surface area contributed by atoms with E-state index in [9.17, 15) is 9.59 Å². The van der Waals surface area contributed by atoms with Gasteiger partial charge in [0.1, 0.15) is 0 Å². The molecule has 4 heterocycles. The summed E-state index contributed by atoms with van der Waals surface area (Å²) in [5.74, 6) is 1.81. The zero-order valence-corrected chi connectivity index (χ0v) is 20.1. The molecule has 0 N–H and O–H groups in total. The summed E-state index contributed by atoms with van der Waals surface area (Å²) in [6.07, 6.45) is 1.65. The van der Waals surface area contributed by atoms with Crippen LogP contribution < -0.4 is 19.3 Å². The molecule has 3 aliphatic rings. The number of rotatable bonds is 4. The number of benzene rings is 2. The molecule has 9 nitrogen and oxygen atoms in total. The molecule has 0 atom stereocenters. The maximum absolute atomic E-state index is 13.7. The molecule has 0 spiro atoms. The molecule has 6 rings (SSSR count). The van der Waals surface area contributed by atoms with Crippen molar-refractivity contribution < 1.29 is 19.1 Å². The van der Waals surface area contributed by atoms with Gasteiger partial charge in [-0.15, -0.1) is 0 Å². The first-order valence-corrected chi connectivity index (χ1v) is 12.1. The SMILES string of the molecule is CN1C(=O)c2ccccc2N(C(=O)CN2CCN(Cc3ccc4c(c3)OCO4)CC2)c2ncccc21. The van der Waals surface area contributed by atoms with Gasteiger partial charge in [0.15, 0.2) is 17.3 Å². The Morgan fingerprint density at radius 3 is 2.53 bits per heavy atom. The van der Waals surface area contributed by atoms with E-state index in [0.29, 0.717) is 22.8 Å². The number of carbonyl (C=O) groups is 2. The topological polar surface area (TPSA) is 78.5 Å². The maximum Gasteiger partial charge on any atom is 0.260 e. The molecule has 9 heteroatoms. The van der Waals surface area contributed by atoms with Crippen molar-refractivity contribution >= 4 is 29.0 Å². The third kappa shape index (κ3) is 4.06. The molecule has 0 saturated carbocycles. The van der Waals surface area contributed by atoms with Crippen LogP contribution in [0, 0.1) is 0 Å². The molecule has 184 valence electrons. The lowest BCUT2D eigenvalue weighted by atomic mass is 10.1. The number of pyridine rings is 1. The van der Waals surface area contributed by atoms with Crippen LogP contribution in [-0.4, -0.2) is 73.2 Å². The third-order valence-corrected chi connectivity index (χ3v) is 6.94. The lowest BCUT2D eigenvalue weighted by Gasteiger charge is -2.35. The Balaban J connectivity index is 1.16. The maximum atomic E-state index is 13.7. The molecule has 0 bridgehead atoms. The smallest absolute Gasteiger partial charge is 0.260 e. The minimum Gasteiger partial charge on any atom is -0.454 e. The van der Waals surface area contributed by atoms with E-state index in [1.54, 1.807) is 35.2 Å². The Hall–Kier alpha value is -3.95. The van der Waals surface area contributed by atoms with Crippen LogP contribution in [-0.2, 0) is 11.3 Å². The van der Waals surface area contributed by atoms with Gasteiger partial charge in [-0.25, -0.2) is 4.98 Å². The monoisotopic (exact) mass is 485 g/mol. The number of anilines is 3. The molecule has 1 saturated heterocycles. The zero-order chi connectivity index (χ0) is 24.6. The summed E-state index contributed by atoms with van der Waals surface area (Å²) in [5, 5.41) is 0. The van der Waals surface area contributed by atoms with Crippen molar-refractivity contribution in [2.45, 2.75) is 6.54 Å². The number of hydrogen-bond donors (Lipinski definition) is 0. The molecule has 2 amide bonds. The average molecular weight is 486 g/mol. The van der Waals surface area contributed by atoms with Gasteiger partial charge in [0.2, 0.25) is 12.7 Å². The van der Waals surface area contributed by atoms with Crippen molar-refractivity contribution in [1.29, 1.82) is 0 Å². The molecule has 0 aliphatic carbocycles. The van der Waals surface area contributed by atoms with E-state index in [-0.39, 0.29) is 25.2 Å². The summed E-state index contributed by atoms with van der Waals surface area (Å²) in [4.78, 5) is 39.1. The van der Waals surface area contributed by atoms with Crippen LogP contribution in [0.5, 0.6) is 11.5 Å². The van der Waals surface area contributed by atoms with Crippen LogP contribution in [0.2, 0.25) is 0 Å². The van der Waals surface area contributed by atoms with E-state index in [1.807, 2.05) is 36.4 Å². The number of hydrogen-bond acceptors (Lipinski definition) is 7. The molecule has 0 radical (unpaired) electrons. The summed E-state index contributed by atoms with van der Waals surface area (Å²) in [5.41, 5.74) is 2.85. The van der Waals surface area contributed by atoms with Crippen molar-refractivity contribution in [3.63, 3.8) is 0 Å². The number of nitrogens with zero attached hydrogens (tertiary/aromatic N) is 5. The van der Waals surface area contributed by atoms with Crippen molar-refractivity contribution in [3.05, 3.63) is 71.9 Å². The number of ether oxygens (including phenoxy) is 2. The predicted molar refractivity (Wildman–Crippen MR) is 135 cm³/mol. The number of fused-ring (bicyclic) bond motifs is 3. The highest BCUT2D eigenvalue weighted by atomic mass is 16.7. The van der Waals surface area contributed by atoms with Crippen molar-refractivity contribution in [1.82, 2.24) is 14.8 Å². The fourth-order valence-electron chi connectivity index (χ4n) is 4.99. The van der Waals surface area contributed by atoms with E-state index in [2.05, 4.69) is 20.9 Å². The predicted octanol–water partition coefficient (Wildman–Crippen LogP) is 2.88. The largest absolute Gasteiger partial charge is 0.454 e. The van der Waals surface area contributed by atoms with Gasteiger partial charge >= 0.3 is 0 Å². The Kier molecular flexibility index (Phi) is 5.79. The molecule has 0 unspecified atom stereocenters. The quantitative estimate of drug-likeness (QED) is 0.562. The van der Waals surface area contributed by atoms with Gasteiger partial charge in [-0.2, -0.15) is 0 Å². The Labute approximate surface area is 209 Å². The van der Waals surface area contributed by atoms with Gasteiger partial charge in [-0.3, -0.25) is 24.3 Å². The van der Waals surface area contributed by atoms with Crippen LogP contribution >= 0.6 is 0 Å². The minimum atomic E-state index is -0.160. The second-order valence-electron chi connectivity index (χ2n) is 9.20. The Bertz CT molecular complexity index is 1320. The van der Waals surface area contributed by atoms with Crippen molar-refractivity contribution in [2.75, 3.05) is 56.4 Å². The molecule has 1 aromatic heterocycles. The fraction of sp³-hybridized carbons (Fsp3) is 0.296. The lowest BCUT2D eigenvalue weighted by Crippen LogP contribution is -2.49. The fourth-order valence-corrected chi connectivity index (χ4v) is 4.99. The lowest BCUT2D eigenvalue weighted by molar-refractivity contribution is -0.119. The molecule has 2 aromatic carbocycles. The summed E-state index contributed by atoms with van der Waals surface area (Å²) >= 11 is 0. The average Bonchev–Trinajstić information content (AvgIpc) is 3.34. The molecule has 3 aliphatic heterocycles. The van der Waals surface area contributed by atoms with Gasteiger partial charge < -0.3 is 14.4 Å². The molecular weight excluding hydrogens is 458 g/mol. The Morgan fingerprint density at radius 2 is 1.67 bits per heavy atom. The summed E-state index contributed by atoms with van der Waals surface area (Å²) < 4.78 is 10.9. The summed E-state index contributed by atoms with van der Waals surface area (Å²) in [6.45, 7) is 4.61. The highest BCUT2D eigenvalue weighted by Gasteiger charge is 2.34. The minimum absolute atomic E-state index is 0.102. The first-order chi connectivity index (χ1) is 17.6. The number of aromatic nitrogens is 1. The number of piperazine rings is 1. The number of para-hydroxylation sites is 1. The summed E-state index contributed by atoms with van der Waals surface area (Å²) in [7, 11) is 1.72. The highest BCUT2D eigenvalue weighted by Crippen LogP contribution is 2.38. The van der Waals surface area contributed by atoms with E-state index in [1.165, 1.54) is 5.56 Å². The molecule has 3 aromatic rings. The van der Waals surface area contributed by atoms with E-state index in [4.69, 9.17) is 9.47 Å². The standard InChI is InChI=1S/C27H27N5O4/c1-29-22-7-4-10-28-26(22)32(21-6-3-2-5-20(21)27(29)34)25(33)17-31-13-11-30(12-14-31)16-19-8-9-23-24(15-19)36-18-35-23/h2-10,15H,11-14,16-18H2,1H3. The Morgan fingerprint density at radius 1 is 0.917 bits per heavy atom. The van der Waals surface area contributed by atoms with Gasteiger partial charge in [0.05, 0.1) is 23.5 Å². The van der Waals surface area contributed by atoms with E-state index in [0.717, 1.165) is 44.2 Å². The molecule has 1 fully saturated rings. The van der Waals surface area contributed by atoms with Crippen LogP contribution in [0.4, 0.5) is 17.2 Å². The van der Waals surface area contributed by atoms with Crippen LogP contribution in [0.1, 0.15) is 15.9 Å². The van der Waals surface area contributed by atoms with E-state index >= 15 is 0 Å². The zero-order valence-electron chi connectivity index (χ0n) is 20.1. The van der Waals surface area contributed by atoms with Crippen molar-refractivity contribution in [2.24, 2.45) is 0 Å². The van der Waals surface area contributed by atoms with Gasteiger partial charge in [0, 0.05) is 46.0 Å². The third-order valence-electron chi connectivity index (χ3n) is 6.94. The second-order valence-corrected chi connectivity index (χ2v) is 9.20. The number of amides is 2. The van der Waals surface area contributed by atoms with Crippen LogP contribution in [0.15, 0.2) is 60.8 Å². The molecular formula is C27H27N5O4. The van der Waals surface area contributed by atoms with Crippen molar-refractivity contribution in [3.8, 4) is 11.5 Å². The van der Waals surface area contributed by atoms with Gasteiger partial charge in [0.25, 0.3) is 5.91 Å². The highest BCUT2D eigenvalue weighted by molar-refractivity contribution is 6.18.